The van der Waals surface area contributed by atoms with Gasteiger partial charge in [-0.1, -0.05) is 35.9 Å². The summed E-state index contributed by atoms with van der Waals surface area (Å²) in [4.78, 5) is 10.5. The van der Waals surface area contributed by atoms with E-state index in [2.05, 4.69) is 5.32 Å². The van der Waals surface area contributed by atoms with Gasteiger partial charge in [-0.2, -0.15) is 0 Å². The van der Waals surface area contributed by atoms with E-state index in [1.807, 2.05) is 6.07 Å². The van der Waals surface area contributed by atoms with Crippen LogP contribution in [0.2, 0.25) is 5.02 Å². The van der Waals surface area contributed by atoms with Gasteiger partial charge in [-0.05, 0) is 24.1 Å². The molecule has 0 saturated carbocycles. The van der Waals surface area contributed by atoms with Gasteiger partial charge in [0.1, 0.15) is 5.82 Å². The fourth-order valence-corrected chi connectivity index (χ4v) is 2.27. The second-order valence-electron chi connectivity index (χ2n) is 4.63. The zero-order valence-corrected chi connectivity index (χ0v) is 12.2. The molecule has 0 spiro atoms. The third kappa shape index (κ3) is 3.56. The largest absolute Gasteiger partial charge is 0.309 e. The Morgan fingerprint density at radius 1 is 1.19 bits per heavy atom. The van der Waals surface area contributed by atoms with Crippen LogP contribution in [0.3, 0.4) is 0 Å². The SMILES string of the molecule is Cc1c(CNCc2cccc(F)c2Cl)cccc1[N+](=O)[O-]. The second kappa shape index (κ2) is 6.65. The van der Waals surface area contributed by atoms with Gasteiger partial charge in [-0.3, -0.25) is 10.1 Å². The van der Waals surface area contributed by atoms with Crippen LogP contribution in [0.4, 0.5) is 10.1 Å². The Morgan fingerprint density at radius 3 is 2.52 bits per heavy atom. The molecule has 0 unspecified atom stereocenters. The topological polar surface area (TPSA) is 55.2 Å². The lowest BCUT2D eigenvalue weighted by molar-refractivity contribution is -0.385. The summed E-state index contributed by atoms with van der Waals surface area (Å²) in [7, 11) is 0. The van der Waals surface area contributed by atoms with E-state index in [0.29, 0.717) is 24.2 Å². The molecule has 110 valence electrons. The van der Waals surface area contributed by atoms with Gasteiger partial charge in [-0.15, -0.1) is 0 Å². The van der Waals surface area contributed by atoms with Gasteiger partial charge in [0.25, 0.3) is 5.69 Å². The van der Waals surface area contributed by atoms with Gasteiger partial charge < -0.3 is 5.32 Å². The molecule has 0 aromatic heterocycles. The molecule has 2 aromatic rings. The fourth-order valence-electron chi connectivity index (χ4n) is 2.08. The maximum atomic E-state index is 13.3. The highest BCUT2D eigenvalue weighted by Crippen LogP contribution is 2.22. The molecule has 21 heavy (non-hydrogen) atoms. The first-order chi connectivity index (χ1) is 10.0. The van der Waals surface area contributed by atoms with E-state index in [4.69, 9.17) is 11.6 Å². The Labute approximate surface area is 126 Å². The Balaban J connectivity index is 2.06. The van der Waals surface area contributed by atoms with Crippen molar-refractivity contribution in [3.8, 4) is 0 Å². The average Bonchev–Trinajstić information content (AvgIpc) is 2.45. The standard InChI is InChI=1S/C15H14ClFN2O2/c1-10-11(4-3-7-14(10)19(20)21)8-18-9-12-5-2-6-13(17)15(12)16/h2-7,18H,8-9H2,1H3. The number of rotatable bonds is 5. The Kier molecular flexibility index (Phi) is 4.88. The minimum absolute atomic E-state index is 0.0955. The predicted octanol–water partition coefficient (Wildman–Crippen LogP) is 3.99. The summed E-state index contributed by atoms with van der Waals surface area (Å²) < 4.78 is 13.3. The molecule has 0 fully saturated rings. The van der Waals surface area contributed by atoms with Gasteiger partial charge in [0, 0.05) is 24.7 Å². The lowest BCUT2D eigenvalue weighted by Gasteiger charge is -2.09. The summed E-state index contributed by atoms with van der Waals surface area (Å²) in [6.45, 7) is 2.55. The first-order valence-corrected chi connectivity index (χ1v) is 6.75. The van der Waals surface area contributed by atoms with Crippen LogP contribution in [0.15, 0.2) is 36.4 Å². The number of nitrogens with one attached hydrogen (secondary N) is 1. The molecule has 1 N–H and O–H groups in total. The number of hydrogen-bond donors (Lipinski definition) is 1. The van der Waals surface area contributed by atoms with Crippen molar-refractivity contribution in [1.82, 2.24) is 5.32 Å². The number of hydrogen-bond acceptors (Lipinski definition) is 3. The minimum Gasteiger partial charge on any atom is -0.309 e. The maximum absolute atomic E-state index is 13.3. The van der Waals surface area contributed by atoms with Crippen molar-refractivity contribution in [2.75, 3.05) is 0 Å². The van der Waals surface area contributed by atoms with E-state index < -0.39 is 10.7 Å². The highest BCUT2D eigenvalue weighted by molar-refractivity contribution is 6.31. The lowest BCUT2D eigenvalue weighted by atomic mass is 10.1. The van der Waals surface area contributed by atoms with Crippen LogP contribution in [0, 0.1) is 22.9 Å². The molecule has 0 aliphatic rings. The van der Waals surface area contributed by atoms with Crippen LogP contribution >= 0.6 is 11.6 Å². The molecule has 0 heterocycles. The van der Waals surface area contributed by atoms with E-state index in [1.165, 1.54) is 12.1 Å². The first kappa shape index (κ1) is 15.4. The predicted molar refractivity (Wildman–Crippen MR) is 79.8 cm³/mol. The number of nitro benzene ring substituents is 1. The first-order valence-electron chi connectivity index (χ1n) is 6.37. The Bertz CT molecular complexity index is 677. The lowest BCUT2D eigenvalue weighted by Crippen LogP contribution is -2.14. The summed E-state index contributed by atoms with van der Waals surface area (Å²) in [6, 6.07) is 9.58. The Morgan fingerprint density at radius 2 is 1.81 bits per heavy atom. The molecule has 0 amide bonds. The number of nitrogens with zero attached hydrogens (tertiary/aromatic N) is 1. The van der Waals surface area contributed by atoms with Crippen LogP contribution in [0.25, 0.3) is 0 Å². The zero-order chi connectivity index (χ0) is 15.4. The van der Waals surface area contributed by atoms with Crippen molar-refractivity contribution in [2.24, 2.45) is 0 Å². The van der Waals surface area contributed by atoms with Gasteiger partial charge in [0.05, 0.1) is 9.95 Å². The maximum Gasteiger partial charge on any atom is 0.272 e. The number of nitro groups is 1. The molecule has 0 aliphatic heterocycles. The summed E-state index contributed by atoms with van der Waals surface area (Å²) in [5.41, 5.74) is 2.20. The quantitative estimate of drug-likeness (QED) is 0.671. The van der Waals surface area contributed by atoms with E-state index in [-0.39, 0.29) is 10.7 Å². The number of benzene rings is 2. The molecule has 0 saturated heterocycles. The van der Waals surface area contributed by atoms with Crippen LogP contribution in [0.1, 0.15) is 16.7 Å². The third-order valence-electron chi connectivity index (χ3n) is 3.28. The second-order valence-corrected chi connectivity index (χ2v) is 5.01. The summed E-state index contributed by atoms with van der Waals surface area (Å²) in [5, 5.41) is 14.1. The van der Waals surface area contributed by atoms with Crippen LogP contribution in [-0.4, -0.2) is 4.92 Å². The monoisotopic (exact) mass is 308 g/mol. The molecule has 4 nitrogen and oxygen atoms in total. The van der Waals surface area contributed by atoms with Crippen LogP contribution in [-0.2, 0) is 13.1 Å². The van der Waals surface area contributed by atoms with Crippen molar-refractivity contribution in [1.29, 1.82) is 0 Å². The van der Waals surface area contributed by atoms with Gasteiger partial charge in [0.15, 0.2) is 0 Å². The summed E-state index contributed by atoms with van der Waals surface area (Å²) >= 11 is 5.87. The highest BCUT2D eigenvalue weighted by atomic mass is 35.5. The summed E-state index contributed by atoms with van der Waals surface area (Å²) in [6.07, 6.45) is 0. The van der Waals surface area contributed by atoms with E-state index in [1.54, 1.807) is 25.1 Å². The normalized spacial score (nSPS) is 10.6. The van der Waals surface area contributed by atoms with Crippen molar-refractivity contribution >= 4 is 17.3 Å². The molecule has 2 rings (SSSR count). The zero-order valence-electron chi connectivity index (χ0n) is 11.4. The molecule has 0 aliphatic carbocycles. The van der Waals surface area contributed by atoms with E-state index in [9.17, 15) is 14.5 Å². The van der Waals surface area contributed by atoms with E-state index in [0.717, 1.165) is 5.56 Å². The molecule has 6 heteroatoms. The molecule has 2 aromatic carbocycles. The van der Waals surface area contributed by atoms with Crippen LogP contribution in [0.5, 0.6) is 0 Å². The number of halogens is 2. The third-order valence-corrected chi connectivity index (χ3v) is 3.70. The highest BCUT2D eigenvalue weighted by Gasteiger charge is 2.13. The van der Waals surface area contributed by atoms with Gasteiger partial charge >= 0.3 is 0 Å². The Hall–Kier alpha value is -1.98. The smallest absolute Gasteiger partial charge is 0.272 e. The van der Waals surface area contributed by atoms with Gasteiger partial charge in [-0.25, -0.2) is 4.39 Å². The molecular weight excluding hydrogens is 295 g/mol. The van der Waals surface area contributed by atoms with Crippen molar-refractivity contribution in [3.63, 3.8) is 0 Å². The van der Waals surface area contributed by atoms with E-state index >= 15 is 0 Å². The van der Waals surface area contributed by atoms with Crippen molar-refractivity contribution in [3.05, 3.63) is 74.0 Å². The summed E-state index contributed by atoms with van der Waals surface area (Å²) in [5.74, 6) is -0.456. The van der Waals surface area contributed by atoms with Crippen molar-refractivity contribution < 1.29 is 9.31 Å². The minimum atomic E-state index is -0.456. The fraction of sp³-hybridized carbons (Fsp3) is 0.200. The molecule has 0 atom stereocenters. The van der Waals surface area contributed by atoms with Crippen molar-refractivity contribution in [2.45, 2.75) is 20.0 Å². The average molecular weight is 309 g/mol. The van der Waals surface area contributed by atoms with Crippen LogP contribution < -0.4 is 5.32 Å². The molecule has 0 bridgehead atoms. The molecule has 0 radical (unpaired) electrons. The molecular formula is C15H14ClFN2O2. The van der Waals surface area contributed by atoms with Gasteiger partial charge in [0.2, 0.25) is 0 Å².